The number of anilines is 1. The number of amides is 1. The van der Waals surface area contributed by atoms with Gasteiger partial charge in [0.2, 0.25) is 0 Å². The summed E-state index contributed by atoms with van der Waals surface area (Å²) >= 11 is 0. The number of nitro groups is 1. The molecule has 0 fully saturated rings. The lowest BCUT2D eigenvalue weighted by Gasteiger charge is -2.19. The van der Waals surface area contributed by atoms with Crippen LogP contribution in [-0.4, -0.2) is 40.7 Å². The number of nitrogens with zero attached hydrogens (tertiary/aromatic N) is 4. The number of para-hydroxylation sites is 1. The molecule has 2 aromatic carbocycles. The number of rotatable bonds is 9. The van der Waals surface area contributed by atoms with Crippen LogP contribution < -0.4 is 10.2 Å². The smallest absolute Gasteiger partial charge is 0.271 e. The van der Waals surface area contributed by atoms with E-state index in [4.69, 9.17) is 0 Å². The number of hydrogen-bond donors (Lipinski definition) is 1. The second-order valence-corrected chi connectivity index (χ2v) is 6.64. The standard InChI is InChI=1S/C21H23N5O3/c1-24(17-8-3-2-4-9-17)14-6-5-13-22-21(27)20-12-15-25(23-20)18-10-7-11-19(16-18)26(28)29/h2-4,7-12,15-16H,5-6,13-14H2,1H3,(H,22,27). The van der Waals surface area contributed by atoms with Crippen molar-refractivity contribution in [2.24, 2.45) is 0 Å². The Morgan fingerprint density at radius 3 is 2.69 bits per heavy atom. The quantitative estimate of drug-likeness (QED) is 0.341. The van der Waals surface area contributed by atoms with Crippen LogP contribution in [0.4, 0.5) is 11.4 Å². The molecule has 1 N–H and O–H groups in total. The third-order valence-electron chi connectivity index (χ3n) is 4.53. The predicted octanol–water partition coefficient (Wildman–Crippen LogP) is 3.43. The van der Waals surface area contributed by atoms with Crippen LogP contribution >= 0.6 is 0 Å². The summed E-state index contributed by atoms with van der Waals surface area (Å²) in [6.45, 7) is 1.46. The summed E-state index contributed by atoms with van der Waals surface area (Å²) < 4.78 is 1.46. The van der Waals surface area contributed by atoms with Gasteiger partial charge in [-0.05, 0) is 37.1 Å². The van der Waals surface area contributed by atoms with Gasteiger partial charge in [0.15, 0.2) is 5.69 Å². The fourth-order valence-corrected chi connectivity index (χ4v) is 2.92. The molecule has 1 heterocycles. The van der Waals surface area contributed by atoms with E-state index in [1.165, 1.54) is 22.5 Å². The van der Waals surface area contributed by atoms with Crippen molar-refractivity contribution in [3.63, 3.8) is 0 Å². The lowest BCUT2D eigenvalue weighted by Crippen LogP contribution is -2.26. The maximum Gasteiger partial charge on any atom is 0.271 e. The number of non-ortho nitro benzene ring substituents is 1. The van der Waals surface area contributed by atoms with E-state index in [1.807, 2.05) is 18.2 Å². The van der Waals surface area contributed by atoms with Crippen LogP contribution in [0.25, 0.3) is 5.69 Å². The number of benzene rings is 2. The van der Waals surface area contributed by atoms with Crippen LogP contribution in [0.1, 0.15) is 23.3 Å². The van der Waals surface area contributed by atoms with E-state index in [1.54, 1.807) is 24.4 Å². The van der Waals surface area contributed by atoms with Gasteiger partial charge in [-0.2, -0.15) is 5.10 Å². The normalized spacial score (nSPS) is 10.5. The van der Waals surface area contributed by atoms with Crippen LogP contribution in [0.15, 0.2) is 66.9 Å². The van der Waals surface area contributed by atoms with E-state index in [0.717, 1.165) is 19.4 Å². The molecule has 150 valence electrons. The Kier molecular flexibility index (Phi) is 6.57. The maximum atomic E-state index is 12.3. The van der Waals surface area contributed by atoms with Gasteiger partial charge in [0.25, 0.3) is 11.6 Å². The second-order valence-electron chi connectivity index (χ2n) is 6.64. The van der Waals surface area contributed by atoms with Gasteiger partial charge in [0, 0.05) is 44.2 Å². The summed E-state index contributed by atoms with van der Waals surface area (Å²) in [5, 5.41) is 18.0. The van der Waals surface area contributed by atoms with Crippen molar-refractivity contribution < 1.29 is 9.72 Å². The molecule has 0 radical (unpaired) electrons. The minimum atomic E-state index is -0.462. The zero-order valence-electron chi connectivity index (χ0n) is 16.2. The Labute approximate surface area is 168 Å². The van der Waals surface area contributed by atoms with Crippen molar-refractivity contribution in [1.29, 1.82) is 0 Å². The number of unbranched alkanes of at least 4 members (excludes halogenated alkanes) is 1. The van der Waals surface area contributed by atoms with Crippen LogP contribution in [-0.2, 0) is 0 Å². The number of nitro benzene ring substituents is 1. The van der Waals surface area contributed by atoms with Crippen molar-refractivity contribution in [2.45, 2.75) is 12.8 Å². The van der Waals surface area contributed by atoms with Crippen LogP contribution in [0.5, 0.6) is 0 Å². The molecular formula is C21H23N5O3. The highest BCUT2D eigenvalue weighted by Crippen LogP contribution is 2.16. The average molecular weight is 393 g/mol. The maximum absolute atomic E-state index is 12.3. The highest BCUT2D eigenvalue weighted by Gasteiger charge is 2.12. The van der Waals surface area contributed by atoms with Gasteiger partial charge in [0.1, 0.15) is 0 Å². The Morgan fingerprint density at radius 1 is 1.14 bits per heavy atom. The molecule has 1 aromatic heterocycles. The van der Waals surface area contributed by atoms with Crippen LogP contribution in [0.2, 0.25) is 0 Å². The summed E-state index contributed by atoms with van der Waals surface area (Å²) in [5.74, 6) is -0.259. The molecule has 3 rings (SSSR count). The fraction of sp³-hybridized carbons (Fsp3) is 0.238. The third kappa shape index (κ3) is 5.41. The van der Waals surface area contributed by atoms with E-state index in [2.05, 4.69) is 34.5 Å². The predicted molar refractivity (Wildman–Crippen MR) is 111 cm³/mol. The number of carbonyl (C=O) groups is 1. The Balaban J connectivity index is 1.46. The molecule has 1 amide bonds. The lowest BCUT2D eigenvalue weighted by molar-refractivity contribution is -0.384. The van der Waals surface area contributed by atoms with Gasteiger partial charge in [0.05, 0.1) is 10.6 Å². The summed E-state index contributed by atoms with van der Waals surface area (Å²) in [6, 6.07) is 17.9. The molecule has 0 spiro atoms. The Morgan fingerprint density at radius 2 is 1.93 bits per heavy atom. The van der Waals surface area contributed by atoms with Crippen LogP contribution in [0, 0.1) is 10.1 Å². The molecule has 0 aliphatic rings. The monoisotopic (exact) mass is 393 g/mol. The molecule has 8 nitrogen and oxygen atoms in total. The average Bonchev–Trinajstić information content (AvgIpc) is 3.24. The largest absolute Gasteiger partial charge is 0.375 e. The SMILES string of the molecule is CN(CCCCNC(=O)c1ccn(-c2cccc([N+](=O)[O-])c2)n1)c1ccccc1. The lowest BCUT2D eigenvalue weighted by atomic mass is 10.2. The van der Waals surface area contributed by atoms with E-state index in [0.29, 0.717) is 12.2 Å². The molecule has 0 aliphatic heterocycles. The first-order chi connectivity index (χ1) is 14.0. The first kappa shape index (κ1) is 20.1. The zero-order valence-corrected chi connectivity index (χ0v) is 16.2. The molecule has 3 aromatic rings. The molecule has 0 unspecified atom stereocenters. The van der Waals surface area contributed by atoms with E-state index < -0.39 is 4.92 Å². The topological polar surface area (TPSA) is 93.3 Å². The molecule has 0 atom stereocenters. The minimum absolute atomic E-state index is 0.0236. The Bertz CT molecular complexity index is 971. The number of carbonyl (C=O) groups excluding carboxylic acids is 1. The van der Waals surface area contributed by atoms with E-state index >= 15 is 0 Å². The highest BCUT2D eigenvalue weighted by atomic mass is 16.6. The van der Waals surface area contributed by atoms with Crippen molar-refractivity contribution in [3.05, 3.63) is 82.7 Å². The molecule has 0 bridgehead atoms. The number of aromatic nitrogens is 2. The molecule has 0 saturated carbocycles. The first-order valence-corrected chi connectivity index (χ1v) is 9.39. The molecule has 8 heteroatoms. The van der Waals surface area contributed by atoms with Crippen molar-refractivity contribution in [1.82, 2.24) is 15.1 Å². The van der Waals surface area contributed by atoms with Gasteiger partial charge in [-0.25, -0.2) is 4.68 Å². The molecular weight excluding hydrogens is 370 g/mol. The molecule has 29 heavy (non-hydrogen) atoms. The van der Waals surface area contributed by atoms with Gasteiger partial charge in [-0.1, -0.05) is 24.3 Å². The number of nitrogens with one attached hydrogen (secondary N) is 1. The molecule has 0 saturated heterocycles. The van der Waals surface area contributed by atoms with E-state index in [-0.39, 0.29) is 17.3 Å². The van der Waals surface area contributed by atoms with Crippen LogP contribution in [0.3, 0.4) is 0 Å². The fourth-order valence-electron chi connectivity index (χ4n) is 2.92. The summed E-state index contributed by atoms with van der Waals surface area (Å²) in [7, 11) is 2.05. The minimum Gasteiger partial charge on any atom is -0.375 e. The third-order valence-corrected chi connectivity index (χ3v) is 4.53. The van der Waals surface area contributed by atoms with Gasteiger partial charge < -0.3 is 10.2 Å². The number of hydrogen-bond acceptors (Lipinski definition) is 5. The van der Waals surface area contributed by atoms with Gasteiger partial charge in [-0.15, -0.1) is 0 Å². The van der Waals surface area contributed by atoms with Crippen molar-refractivity contribution in [3.8, 4) is 5.69 Å². The Hall–Kier alpha value is -3.68. The van der Waals surface area contributed by atoms with Gasteiger partial charge >= 0.3 is 0 Å². The van der Waals surface area contributed by atoms with Gasteiger partial charge in [-0.3, -0.25) is 14.9 Å². The van der Waals surface area contributed by atoms with E-state index in [9.17, 15) is 14.9 Å². The summed E-state index contributed by atoms with van der Waals surface area (Å²) in [4.78, 5) is 24.9. The second kappa shape index (κ2) is 9.50. The first-order valence-electron chi connectivity index (χ1n) is 9.39. The zero-order chi connectivity index (χ0) is 20.6. The summed E-state index contributed by atoms with van der Waals surface area (Å²) in [5.41, 5.74) is 1.95. The molecule has 0 aliphatic carbocycles. The van der Waals surface area contributed by atoms with Crippen molar-refractivity contribution >= 4 is 17.3 Å². The highest BCUT2D eigenvalue weighted by molar-refractivity contribution is 5.92. The van der Waals surface area contributed by atoms with Crippen molar-refractivity contribution in [2.75, 3.05) is 25.0 Å². The summed E-state index contributed by atoms with van der Waals surface area (Å²) in [6.07, 6.45) is 3.42.